The van der Waals surface area contributed by atoms with Gasteiger partial charge in [-0.15, -0.1) is 0 Å². The second-order valence-electron chi connectivity index (χ2n) is 1.61. The Morgan fingerprint density at radius 2 is 1.70 bits per heavy atom. The van der Waals surface area contributed by atoms with Gasteiger partial charge in [-0.25, -0.2) is 5.90 Å². The normalized spacial score (nSPS) is 7.40. The van der Waals surface area contributed by atoms with E-state index in [1.165, 1.54) is 5.56 Å². The highest BCUT2D eigenvalue weighted by molar-refractivity contribution is 5.45. The third kappa shape index (κ3) is 3.02. The second-order valence-corrected chi connectivity index (χ2v) is 1.61. The predicted molar refractivity (Wildman–Crippen MR) is 42.5 cm³/mol. The Labute approximate surface area is 60.6 Å². The molecule has 3 N–H and O–H groups in total. The largest absolute Gasteiger partial charge is 0.320 e. The summed E-state index contributed by atoms with van der Waals surface area (Å²) in [7, 11) is 0. The Morgan fingerprint density at radius 3 is 2.00 bits per heavy atom. The predicted octanol–water partition coefficient (Wildman–Crippen LogP) is 1.66. The maximum absolute atomic E-state index is 6.50. The maximum Gasteiger partial charge on any atom is -0.0263 e. The van der Waals surface area contributed by atoms with Crippen molar-refractivity contribution in [2.24, 2.45) is 5.90 Å². The van der Waals surface area contributed by atoms with E-state index >= 15 is 0 Å². The highest BCUT2D eigenvalue weighted by atomic mass is 16.4. The average Bonchev–Trinajstić information content (AvgIpc) is 2.10. The van der Waals surface area contributed by atoms with Crippen molar-refractivity contribution in [2.75, 3.05) is 0 Å². The molecule has 2 heteroatoms. The van der Waals surface area contributed by atoms with Gasteiger partial charge in [0.1, 0.15) is 0 Å². The first-order valence-electron chi connectivity index (χ1n) is 2.87. The molecule has 0 radical (unpaired) electrons. The van der Waals surface area contributed by atoms with E-state index in [-0.39, 0.29) is 0 Å². The van der Waals surface area contributed by atoms with Crippen molar-refractivity contribution in [2.45, 2.75) is 0 Å². The van der Waals surface area contributed by atoms with Crippen molar-refractivity contribution in [3.63, 3.8) is 0 Å². The van der Waals surface area contributed by atoms with Gasteiger partial charge in [0.05, 0.1) is 0 Å². The Kier molecular flexibility index (Phi) is 5.33. The van der Waals surface area contributed by atoms with E-state index in [4.69, 9.17) is 5.21 Å². The average molecular weight is 137 g/mol. The molecule has 0 aliphatic heterocycles. The van der Waals surface area contributed by atoms with E-state index in [0.717, 1.165) is 0 Å². The second kappa shape index (κ2) is 6.01. The molecular formula is C8H11NO. The summed E-state index contributed by atoms with van der Waals surface area (Å²) in [5.41, 5.74) is 1.17. The van der Waals surface area contributed by atoms with Crippen molar-refractivity contribution in [3.8, 4) is 0 Å². The molecule has 0 amide bonds. The molecule has 0 aromatic heterocycles. The lowest BCUT2D eigenvalue weighted by Gasteiger charge is -1.85. The van der Waals surface area contributed by atoms with Crippen molar-refractivity contribution in [1.29, 1.82) is 0 Å². The van der Waals surface area contributed by atoms with Gasteiger partial charge in [0.2, 0.25) is 0 Å². The van der Waals surface area contributed by atoms with Crippen LogP contribution in [0.5, 0.6) is 0 Å². The van der Waals surface area contributed by atoms with E-state index in [9.17, 15) is 0 Å². The molecule has 54 valence electrons. The van der Waals surface area contributed by atoms with Crippen LogP contribution in [-0.2, 0) is 0 Å². The van der Waals surface area contributed by atoms with Crippen LogP contribution >= 0.6 is 0 Å². The van der Waals surface area contributed by atoms with E-state index in [2.05, 4.69) is 12.5 Å². The Balaban J connectivity index is 0.000000371. The lowest BCUT2D eigenvalue weighted by molar-refractivity contribution is 0.311. The zero-order valence-electron chi connectivity index (χ0n) is 5.70. The Hall–Kier alpha value is -1.12. The van der Waals surface area contributed by atoms with Gasteiger partial charge < -0.3 is 5.21 Å². The van der Waals surface area contributed by atoms with Crippen molar-refractivity contribution < 1.29 is 5.21 Å². The van der Waals surface area contributed by atoms with Gasteiger partial charge in [-0.3, -0.25) is 0 Å². The SMILES string of the molecule is C=Cc1ccccc1.NO. The molecule has 0 bridgehead atoms. The molecule has 0 spiro atoms. The van der Waals surface area contributed by atoms with Crippen LogP contribution in [0.2, 0.25) is 0 Å². The fourth-order valence-electron chi connectivity index (χ4n) is 0.589. The first-order valence-corrected chi connectivity index (χ1v) is 2.87. The van der Waals surface area contributed by atoms with Crippen molar-refractivity contribution in [3.05, 3.63) is 42.5 Å². The minimum atomic E-state index is 1.17. The smallest absolute Gasteiger partial charge is 0.0263 e. The molecule has 10 heavy (non-hydrogen) atoms. The molecular weight excluding hydrogens is 126 g/mol. The van der Waals surface area contributed by atoms with Crippen LogP contribution < -0.4 is 5.90 Å². The Bertz CT molecular complexity index is 172. The van der Waals surface area contributed by atoms with Crippen LogP contribution in [0.1, 0.15) is 5.56 Å². The third-order valence-corrected chi connectivity index (χ3v) is 1.04. The Morgan fingerprint density at radius 1 is 1.20 bits per heavy atom. The number of hydrogen-bond acceptors (Lipinski definition) is 2. The fraction of sp³-hybridized carbons (Fsp3) is 0. The molecule has 1 rings (SSSR count). The number of hydrogen-bond donors (Lipinski definition) is 2. The lowest BCUT2D eigenvalue weighted by Crippen LogP contribution is -1.72. The first kappa shape index (κ1) is 8.88. The van der Waals surface area contributed by atoms with Crippen LogP contribution in [0.4, 0.5) is 0 Å². The number of rotatable bonds is 1. The summed E-state index contributed by atoms with van der Waals surface area (Å²) >= 11 is 0. The molecule has 0 atom stereocenters. The third-order valence-electron chi connectivity index (χ3n) is 1.04. The summed E-state index contributed by atoms with van der Waals surface area (Å²) in [6.07, 6.45) is 1.83. The molecule has 0 heterocycles. The zero-order valence-corrected chi connectivity index (χ0v) is 5.70. The number of benzene rings is 1. The van der Waals surface area contributed by atoms with Crippen LogP contribution in [0.25, 0.3) is 6.08 Å². The highest BCUT2D eigenvalue weighted by Crippen LogP contribution is 1.97. The van der Waals surface area contributed by atoms with E-state index < -0.39 is 0 Å². The molecule has 0 aliphatic rings. The summed E-state index contributed by atoms with van der Waals surface area (Å²) < 4.78 is 0. The molecule has 1 aromatic rings. The van der Waals surface area contributed by atoms with Gasteiger partial charge in [0.25, 0.3) is 0 Å². The molecule has 1 aromatic carbocycles. The van der Waals surface area contributed by atoms with Gasteiger partial charge in [0, 0.05) is 0 Å². The number of nitrogens with two attached hydrogens (primary N) is 1. The topological polar surface area (TPSA) is 46.2 Å². The minimum absolute atomic E-state index is 1.17. The minimum Gasteiger partial charge on any atom is -0.320 e. The van der Waals surface area contributed by atoms with E-state index in [0.29, 0.717) is 0 Å². The maximum atomic E-state index is 6.50. The van der Waals surface area contributed by atoms with Crippen LogP contribution in [0.15, 0.2) is 36.9 Å². The van der Waals surface area contributed by atoms with Crippen LogP contribution in [-0.4, -0.2) is 5.21 Å². The summed E-state index contributed by atoms with van der Waals surface area (Å²) in [5, 5.41) is 6.50. The monoisotopic (exact) mass is 137 g/mol. The summed E-state index contributed by atoms with van der Waals surface area (Å²) in [6.45, 7) is 3.63. The molecule has 2 nitrogen and oxygen atoms in total. The summed E-state index contributed by atoms with van der Waals surface area (Å²) in [4.78, 5) is 0. The standard InChI is InChI=1S/C8H8.H3NO/c1-2-8-6-4-3-5-7-8;1-2/h2-7H,1H2;2H,1H2. The summed E-state index contributed by atoms with van der Waals surface area (Å²) in [5.74, 6) is 3.50. The van der Waals surface area contributed by atoms with Crippen molar-refractivity contribution in [1.82, 2.24) is 0 Å². The fourth-order valence-corrected chi connectivity index (χ4v) is 0.589. The highest BCUT2D eigenvalue weighted by Gasteiger charge is 1.75. The molecule has 0 aliphatic carbocycles. The molecule has 0 saturated heterocycles. The van der Waals surface area contributed by atoms with Crippen molar-refractivity contribution >= 4 is 6.08 Å². The van der Waals surface area contributed by atoms with E-state index in [1.807, 2.05) is 36.4 Å². The summed E-state index contributed by atoms with van der Waals surface area (Å²) in [6, 6.07) is 10.0. The quantitative estimate of drug-likeness (QED) is 0.578. The lowest BCUT2D eigenvalue weighted by atomic mass is 10.2. The van der Waals surface area contributed by atoms with Gasteiger partial charge in [0.15, 0.2) is 0 Å². The van der Waals surface area contributed by atoms with Gasteiger partial charge in [-0.2, -0.15) is 0 Å². The van der Waals surface area contributed by atoms with Gasteiger partial charge in [-0.05, 0) is 5.56 Å². The van der Waals surface area contributed by atoms with E-state index in [1.54, 1.807) is 0 Å². The molecule has 0 saturated carbocycles. The van der Waals surface area contributed by atoms with Crippen LogP contribution in [0.3, 0.4) is 0 Å². The molecule has 0 fully saturated rings. The van der Waals surface area contributed by atoms with Gasteiger partial charge >= 0.3 is 0 Å². The zero-order chi connectivity index (χ0) is 7.82. The first-order chi connectivity index (χ1) is 4.93. The van der Waals surface area contributed by atoms with Gasteiger partial charge in [-0.1, -0.05) is 43.0 Å². The van der Waals surface area contributed by atoms with Crippen LogP contribution in [0, 0.1) is 0 Å². The molecule has 0 unspecified atom stereocenters.